The van der Waals surface area contributed by atoms with Crippen LogP contribution in [0.4, 0.5) is 5.69 Å². The zero-order chi connectivity index (χ0) is 21.6. The second-order valence-electron chi connectivity index (χ2n) is 8.33. The number of nitrogens with one attached hydrogen (secondary N) is 1. The summed E-state index contributed by atoms with van der Waals surface area (Å²) in [6.45, 7) is 5.07. The van der Waals surface area contributed by atoms with Crippen LogP contribution in [0.1, 0.15) is 44.0 Å². The molecule has 0 spiro atoms. The average Bonchev–Trinajstić information content (AvgIpc) is 2.94. The molecule has 1 atom stereocenters. The van der Waals surface area contributed by atoms with Crippen molar-refractivity contribution in [2.24, 2.45) is 0 Å². The molecule has 2 heterocycles. The van der Waals surface area contributed by atoms with Crippen molar-refractivity contribution in [3.8, 4) is 5.75 Å². The third-order valence-corrected chi connectivity index (χ3v) is 4.97. The Balaban J connectivity index is 1.66. The van der Waals surface area contributed by atoms with Crippen LogP contribution in [0.25, 0.3) is 10.8 Å². The third-order valence-electron chi connectivity index (χ3n) is 4.97. The fraction of sp³-hybridized carbons (Fsp3) is 0.364. The largest absolute Gasteiger partial charge is 0.481 e. The van der Waals surface area contributed by atoms with Crippen LogP contribution in [0.3, 0.4) is 0 Å². The number of benzene rings is 2. The normalized spacial score (nSPS) is 18.6. The van der Waals surface area contributed by atoms with Gasteiger partial charge in [0.05, 0.1) is 5.69 Å². The van der Waals surface area contributed by atoms with Crippen molar-refractivity contribution in [3.63, 3.8) is 0 Å². The van der Waals surface area contributed by atoms with Gasteiger partial charge in [-0.3, -0.25) is 24.6 Å². The molecule has 8 heteroatoms. The quantitative estimate of drug-likeness (QED) is 0.613. The zero-order valence-electron chi connectivity index (χ0n) is 17.0. The van der Waals surface area contributed by atoms with Crippen LogP contribution in [0.2, 0.25) is 0 Å². The highest BCUT2D eigenvalue weighted by Gasteiger charge is 2.41. The number of carbonyl (C=O) groups excluding carboxylic acids is 4. The van der Waals surface area contributed by atoms with E-state index in [0.717, 1.165) is 0 Å². The van der Waals surface area contributed by atoms with Crippen molar-refractivity contribution < 1.29 is 28.7 Å². The van der Waals surface area contributed by atoms with Gasteiger partial charge >= 0.3 is 5.97 Å². The summed E-state index contributed by atoms with van der Waals surface area (Å²) in [5.74, 6) is -1.16. The molecule has 1 unspecified atom stereocenters. The first-order valence-corrected chi connectivity index (χ1v) is 9.73. The monoisotopic (exact) mass is 410 g/mol. The number of amides is 3. The van der Waals surface area contributed by atoms with Gasteiger partial charge in [-0.05, 0) is 45.4 Å². The first kappa shape index (κ1) is 19.9. The van der Waals surface area contributed by atoms with Crippen LogP contribution in [-0.2, 0) is 19.1 Å². The number of carbonyl (C=O) groups is 4. The number of hydrogen-bond acceptors (Lipinski definition) is 6. The highest BCUT2D eigenvalue weighted by molar-refractivity contribution is 6.27. The summed E-state index contributed by atoms with van der Waals surface area (Å²) >= 11 is 0. The van der Waals surface area contributed by atoms with Crippen LogP contribution in [0, 0.1) is 0 Å². The van der Waals surface area contributed by atoms with E-state index in [1.165, 1.54) is 4.90 Å². The zero-order valence-corrected chi connectivity index (χ0v) is 17.0. The van der Waals surface area contributed by atoms with Crippen molar-refractivity contribution in [3.05, 3.63) is 35.9 Å². The molecule has 0 bridgehead atoms. The van der Waals surface area contributed by atoms with Gasteiger partial charge in [-0.2, -0.15) is 0 Å². The van der Waals surface area contributed by atoms with Gasteiger partial charge in [0.1, 0.15) is 17.4 Å². The lowest BCUT2D eigenvalue weighted by molar-refractivity contribution is -0.157. The minimum absolute atomic E-state index is 0.177. The molecular weight excluding hydrogens is 388 g/mol. The van der Waals surface area contributed by atoms with Crippen LogP contribution >= 0.6 is 0 Å². The van der Waals surface area contributed by atoms with E-state index in [-0.39, 0.29) is 31.3 Å². The molecule has 0 radical (unpaired) electrons. The van der Waals surface area contributed by atoms with Crippen LogP contribution in [0.5, 0.6) is 5.75 Å². The highest BCUT2D eigenvalue weighted by Crippen LogP contribution is 2.43. The molecule has 2 aliphatic rings. The highest BCUT2D eigenvalue weighted by atomic mass is 16.6. The molecule has 0 saturated carbocycles. The van der Waals surface area contributed by atoms with Crippen LogP contribution in [0.15, 0.2) is 30.3 Å². The van der Waals surface area contributed by atoms with Crippen molar-refractivity contribution in [1.82, 2.24) is 5.32 Å². The summed E-state index contributed by atoms with van der Waals surface area (Å²) in [4.78, 5) is 50.4. The molecule has 0 aliphatic carbocycles. The maximum absolute atomic E-state index is 13.1. The van der Waals surface area contributed by atoms with Crippen LogP contribution < -0.4 is 15.0 Å². The summed E-state index contributed by atoms with van der Waals surface area (Å²) in [7, 11) is 0. The Morgan fingerprint density at radius 2 is 1.93 bits per heavy atom. The van der Waals surface area contributed by atoms with Gasteiger partial charge in [-0.1, -0.05) is 12.1 Å². The summed E-state index contributed by atoms with van der Waals surface area (Å²) in [5, 5.41) is 3.63. The number of piperidine rings is 1. The first-order valence-electron chi connectivity index (χ1n) is 9.73. The molecule has 2 aromatic rings. The van der Waals surface area contributed by atoms with Gasteiger partial charge in [-0.15, -0.1) is 0 Å². The molecule has 2 aliphatic heterocycles. The predicted molar refractivity (Wildman–Crippen MR) is 108 cm³/mol. The number of esters is 1. The number of hydrogen-bond donors (Lipinski definition) is 1. The Kier molecular flexibility index (Phi) is 4.72. The number of ether oxygens (including phenoxy) is 2. The number of nitrogens with zero attached hydrogens (tertiary/aromatic N) is 1. The van der Waals surface area contributed by atoms with E-state index < -0.39 is 23.5 Å². The summed E-state index contributed by atoms with van der Waals surface area (Å²) in [5.41, 5.74) is 0.428. The maximum atomic E-state index is 13.1. The Labute approximate surface area is 173 Å². The third kappa shape index (κ3) is 3.49. The van der Waals surface area contributed by atoms with E-state index in [2.05, 4.69) is 5.32 Å². The van der Waals surface area contributed by atoms with Gasteiger partial charge < -0.3 is 9.47 Å². The molecule has 2 aromatic carbocycles. The fourth-order valence-corrected chi connectivity index (χ4v) is 3.85. The second kappa shape index (κ2) is 7.12. The molecule has 1 fully saturated rings. The molecule has 4 rings (SSSR count). The Hall–Kier alpha value is -3.42. The number of imide groups is 1. The average molecular weight is 410 g/mol. The minimum Gasteiger partial charge on any atom is -0.481 e. The van der Waals surface area contributed by atoms with E-state index in [9.17, 15) is 19.2 Å². The Bertz CT molecular complexity index is 1080. The van der Waals surface area contributed by atoms with E-state index in [4.69, 9.17) is 9.47 Å². The smallest absolute Gasteiger partial charge is 0.344 e. The lowest BCUT2D eigenvalue weighted by Gasteiger charge is -2.30. The van der Waals surface area contributed by atoms with Gasteiger partial charge in [0, 0.05) is 22.8 Å². The van der Waals surface area contributed by atoms with Gasteiger partial charge in [0.2, 0.25) is 11.8 Å². The van der Waals surface area contributed by atoms with Crippen molar-refractivity contribution >= 4 is 40.2 Å². The van der Waals surface area contributed by atoms with Crippen molar-refractivity contribution in [1.29, 1.82) is 0 Å². The fourth-order valence-electron chi connectivity index (χ4n) is 3.85. The molecule has 8 nitrogen and oxygen atoms in total. The van der Waals surface area contributed by atoms with E-state index in [0.29, 0.717) is 27.8 Å². The molecule has 156 valence electrons. The second-order valence-corrected chi connectivity index (χ2v) is 8.33. The molecule has 1 saturated heterocycles. The molecule has 30 heavy (non-hydrogen) atoms. The summed E-state index contributed by atoms with van der Waals surface area (Å²) < 4.78 is 11.0. The van der Waals surface area contributed by atoms with Gasteiger partial charge in [0.15, 0.2) is 6.61 Å². The topological polar surface area (TPSA) is 102 Å². The molecule has 3 amide bonds. The van der Waals surface area contributed by atoms with E-state index in [1.807, 2.05) is 0 Å². The maximum Gasteiger partial charge on any atom is 0.344 e. The number of anilines is 1. The molecule has 1 N–H and O–H groups in total. The minimum atomic E-state index is -0.751. The van der Waals surface area contributed by atoms with Crippen molar-refractivity contribution in [2.75, 3.05) is 11.5 Å². The summed E-state index contributed by atoms with van der Waals surface area (Å²) in [6.07, 6.45) is 0.444. The van der Waals surface area contributed by atoms with Gasteiger partial charge in [0.25, 0.3) is 5.91 Å². The SMILES string of the molecule is CC(C)(C)OC(=O)COc1ccc2c3c(cccc13)C(=O)N2C1CCC(=O)NC1=O. The Morgan fingerprint density at radius 3 is 2.63 bits per heavy atom. The first-order chi connectivity index (χ1) is 14.2. The van der Waals surface area contributed by atoms with E-state index in [1.54, 1.807) is 51.1 Å². The van der Waals surface area contributed by atoms with Crippen LogP contribution in [-0.4, -0.2) is 41.9 Å². The predicted octanol–water partition coefficient (Wildman–Crippen LogP) is 2.33. The van der Waals surface area contributed by atoms with Gasteiger partial charge in [-0.25, -0.2) is 4.79 Å². The number of rotatable bonds is 4. The van der Waals surface area contributed by atoms with E-state index >= 15 is 0 Å². The lowest BCUT2D eigenvalue weighted by atomic mass is 10.0. The molecular formula is C22H22N2O6. The lowest BCUT2D eigenvalue weighted by Crippen LogP contribution is -2.53. The standard InChI is InChI=1S/C22H22N2O6/c1-22(2,3)30-18(26)11-29-16-9-7-14-19-12(16)5-4-6-13(19)21(28)24(14)15-8-10-17(25)23-20(15)27/h4-7,9,15H,8,10-11H2,1-3H3,(H,23,25,27). The van der Waals surface area contributed by atoms with Crippen molar-refractivity contribution in [2.45, 2.75) is 45.3 Å². The summed E-state index contributed by atoms with van der Waals surface area (Å²) in [6, 6.07) is 7.84. The molecule has 0 aromatic heterocycles. The Morgan fingerprint density at radius 1 is 1.17 bits per heavy atom.